The van der Waals surface area contributed by atoms with Gasteiger partial charge in [-0.25, -0.2) is 4.98 Å². The molecule has 1 aliphatic rings. The minimum absolute atomic E-state index is 0.0549. The van der Waals surface area contributed by atoms with Crippen molar-refractivity contribution in [3.63, 3.8) is 0 Å². The first-order valence-corrected chi connectivity index (χ1v) is 11.5. The number of aliphatic hydroxyl groups is 2. The molecule has 10 heteroatoms. The summed E-state index contributed by atoms with van der Waals surface area (Å²) in [7, 11) is 0. The molecule has 0 atom stereocenters. The van der Waals surface area contributed by atoms with Crippen LogP contribution in [-0.2, 0) is 12.0 Å². The summed E-state index contributed by atoms with van der Waals surface area (Å²) in [5.41, 5.74) is -0.315. The average molecular weight is 458 g/mol. The number of fused-ring (bicyclic) bond motifs is 1. The fraction of sp³-hybridized carbons (Fsp3) is 0.565. The number of amides is 1. The van der Waals surface area contributed by atoms with Gasteiger partial charge in [0.05, 0.1) is 25.5 Å². The zero-order chi connectivity index (χ0) is 23.4. The lowest BCUT2D eigenvalue weighted by Crippen LogP contribution is -2.52. The van der Waals surface area contributed by atoms with Gasteiger partial charge in [0.1, 0.15) is 5.69 Å². The van der Waals surface area contributed by atoms with E-state index < -0.39 is 24.7 Å². The number of ether oxygens (including phenoxy) is 1. The summed E-state index contributed by atoms with van der Waals surface area (Å²) < 4.78 is 13.3. The van der Waals surface area contributed by atoms with Gasteiger partial charge >= 0.3 is 0 Å². The zero-order valence-corrected chi connectivity index (χ0v) is 19.1. The van der Waals surface area contributed by atoms with Crippen molar-refractivity contribution in [1.82, 2.24) is 24.9 Å². The zero-order valence-electron chi connectivity index (χ0n) is 19.1. The predicted molar refractivity (Wildman–Crippen MR) is 119 cm³/mol. The smallest absolute Gasteiger partial charge is 0.271 e. The summed E-state index contributed by atoms with van der Waals surface area (Å²) in [6, 6.07) is 3.65. The van der Waals surface area contributed by atoms with Crippen LogP contribution in [0.4, 0.5) is 0 Å². The van der Waals surface area contributed by atoms with Crippen LogP contribution < -0.4 is 10.1 Å². The van der Waals surface area contributed by atoms with Crippen LogP contribution in [0.15, 0.2) is 22.7 Å². The fourth-order valence-electron chi connectivity index (χ4n) is 4.29. The van der Waals surface area contributed by atoms with E-state index in [-0.39, 0.29) is 11.6 Å². The van der Waals surface area contributed by atoms with Gasteiger partial charge < -0.3 is 24.7 Å². The molecule has 3 N–H and O–H groups in total. The van der Waals surface area contributed by atoms with Crippen LogP contribution in [0.2, 0.25) is 0 Å². The Morgan fingerprint density at radius 1 is 1.27 bits per heavy atom. The van der Waals surface area contributed by atoms with Crippen molar-refractivity contribution in [2.75, 3.05) is 19.8 Å². The Labute approximate surface area is 192 Å². The maximum atomic E-state index is 13.3. The number of carbonyl (C=O) groups excluding carboxylic acids is 1. The second-order valence-electron chi connectivity index (χ2n) is 8.63. The van der Waals surface area contributed by atoms with E-state index in [2.05, 4.69) is 20.5 Å². The lowest BCUT2D eigenvalue weighted by atomic mass is 9.90. The summed E-state index contributed by atoms with van der Waals surface area (Å²) in [4.78, 5) is 17.9. The van der Waals surface area contributed by atoms with Crippen LogP contribution in [0.25, 0.3) is 5.65 Å². The molecule has 0 aromatic carbocycles. The monoisotopic (exact) mass is 457 g/mol. The van der Waals surface area contributed by atoms with Crippen LogP contribution >= 0.6 is 0 Å². The third kappa shape index (κ3) is 4.58. The van der Waals surface area contributed by atoms with E-state index in [1.807, 2.05) is 13.0 Å². The molecule has 0 radical (unpaired) electrons. The molecular formula is C23H31N5O5. The van der Waals surface area contributed by atoms with Crippen LogP contribution in [0.1, 0.15) is 67.0 Å². The molecule has 1 fully saturated rings. The minimum Gasteiger partial charge on any atom is -0.489 e. The Morgan fingerprint density at radius 2 is 2.03 bits per heavy atom. The SMILES string of the molecule is CCc1nnc(C(CO)(CO)NC(=O)c2c(C)nc3c(OCC4CCCCC4)cccn23)o1. The van der Waals surface area contributed by atoms with Crippen LogP contribution in [-0.4, -0.2) is 55.5 Å². The molecule has 4 rings (SSSR count). The van der Waals surface area contributed by atoms with Crippen LogP contribution in [0.5, 0.6) is 5.75 Å². The highest BCUT2D eigenvalue weighted by atomic mass is 16.5. The first kappa shape index (κ1) is 23.2. The van der Waals surface area contributed by atoms with Gasteiger partial charge in [0, 0.05) is 12.6 Å². The molecule has 0 saturated heterocycles. The van der Waals surface area contributed by atoms with Crippen molar-refractivity contribution in [2.24, 2.45) is 5.92 Å². The molecule has 1 amide bonds. The van der Waals surface area contributed by atoms with Gasteiger partial charge in [-0.3, -0.25) is 9.20 Å². The van der Waals surface area contributed by atoms with Gasteiger partial charge in [0.25, 0.3) is 5.91 Å². The Hall–Kier alpha value is -2.98. The molecule has 178 valence electrons. The normalized spacial score (nSPS) is 15.2. The van der Waals surface area contributed by atoms with Crippen molar-refractivity contribution in [1.29, 1.82) is 0 Å². The van der Waals surface area contributed by atoms with E-state index in [0.717, 1.165) is 0 Å². The molecule has 0 spiro atoms. The van der Waals surface area contributed by atoms with E-state index in [0.29, 0.717) is 41.9 Å². The van der Waals surface area contributed by atoms with Crippen molar-refractivity contribution in [3.8, 4) is 5.75 Å². The summed E-state index contributed by atoms with van der Waals surface area (Å²) in [6.07, 6.45) is 8.33. The maximum absolute atomic E-state index is 13.3. The van der Waals surface area contributed by atoms with Gasteiger partial charge in [-0.05, 0) is 37.8 Å². The molecule has 0 bridgehead atoms. The first-order chi connectivity index (χ1) is 16.0. The van der Waals surface area contributed by atoms with Gasteiger partial charge in [0.15, 0.2) is 16.9 Å². The Bertz CT molecular complexity index is 1100. The summed E-state index contributed by atoms with van der Waals surface area (Å²) in [5.74, 6) is 0.904. The summed E-state index contributed by atoms with van der Waals surface area (Å²) >= 11 is 0. The number of aryl methyl sites for hydroxylation is 2. The third-order valence-electron chi connectivity index (χ3n) is 6.27. The number of nitrogens with one attached hydrogen (secondary N) is 1. The number of aliphatic hydroxyl groups excluding tert-OH is 2. The van der Waals surface area contributed by atoms with Crippen molar-refractivity contribution in [3.05, 3.63) is 41.5 Å². The topological polar surface area (TPSA) is 135 Å². The van der Waals surface area contributed by atoms with Crippen molar-refractivity contribution < 1.29 is 24.2 Å². The second kappa shape index (κ2) is 9.88. The number of rotatable bonds is 9. The maximum Gasteiger partial charge on any atom is 0.271 e. The Kier molecular flexibility index (Phi) is 6.94. The van der Waals surface area contributed by atoms with Crippen LogP contribution in [0, 0.1) is 12.8 Å². The van der Waals surface area contributed by atoms with E-state index in [9.17, 15) is 15.0 Å². The Morgan fingerprint density at radius 3 is 2.70 bits per heavy atom. The van der Waals surface area contributed by atoms with Gasteiger partial charge in [-0.1, -0.05) is 26.2 Å². The Balaban J connectivity index is 1.60. The molecule has 3 heterocycles. The molecule has 3 aromatic heterocycles. The van der Waals surface area contributed by atoms with Crippen molar-refractivity contribution in [2.45, 2.75) is 57.9 Å². The highest BCUT2D eigenvalue weighted by molar-refractivity contribution is 5.95. The highest BCUT2D eigenvalue weighted by Gasteiger charge is 2.40. The second-order valence-corrected chi connectivity index (χ2v) is 8.63. The average Bonchev–Trinajstić information content (AvgIpc) is 3.46. The lowest BCUT2D eigenvalue weighted by Gasteiger charge is -2.27. The number of carbonyl (C=O) groups is 1. The van der Waals surface area contributed by atoms with Gasteiger partial charge in [-0.15, -0.1) is 10.2 Å². The number of hydrogen-bond acceptors (Lipinski definition) is 8. The first-order valence-electron chi connectivity index (χ1n) is 11.5. The molecule has 10 nitrogen and oxygen atoms in total. The molecule has 0 unspecified atom stereocenters. The molecule has 1 aliphatic carbocycles. The van der Waals surface area contributed by atoms with E-state index in [1.54, 1.807) is 23.6 Å². The molecular weight excluding hydrogens is 426 g/mol. The van der Waals surface area contributed by atoms with E-state index in [4.69, 9.17) is 9.15 Å². The standard InChI is InChI=1S/C23H31N5O5/c1-3-18-26-27-22(33-18)23(13-29,14-30)25-21(31)19-15(2)24-20-17(10-7-11-28(19)20)32-12-16-8-5-4-6-9-16/h7,10-11,16,29-30H,3-6,8-9,12-14H2,1-2H3,(H,25,31). The van der Waals surface area contributed by atoms with Gasteiger partial charge in [0.2, 0.25) is 11.8 Å². The number of hydrogen-bond donors (Lipinski definition) is 3. The molecule has 3 aromatic rings. The number of pyridine rings is 1. The molecule has 1 saturated carbocycles. The quantitative estimate of drug-likeness (QED) is 0.445. The molecule has 33 heavy (non-hydrogen) atoms. The predicted octanol–water partition coefficient (Wildman–Crippen LogP) is 2.16. The number of nitrogens with zero attached hydrogens (tertiary/aromatic N) is 4. The highest BCUT2D eigenvalue weighted by Crippen LogP contribution is 2.28. The number of aromatic nitrogens is 4. The largest absolute Gasteiger partial charge is 0.489 e. The fourth-order valence-corrected chi connectivity index (χ4v) is 4.29. The number of imidazole rings is 1. The third-order valence-corrected chi connectivity index (χ3v) is 6.27. The summed E-state index contributed by atoms with van der Waals surface area (Å²) in [5, 5.41) is 30.5. The van der Waals surface area contributed by atoms with Crippen LogP contribution in [0.3, 0.4) is 0 Å². The van der Waals surface area contributed by atoms with E-state index >= 15 is 0 Å². The lowest BCUT2D eigenvalue weighted by molar-refractivity contribution is 0.0536. The summed E-state index contributed by atoms with van der Waals surface area (Å²) in [6.45, 7) is 2.96. The molecule has 0 aliphatic heterocycles. The minimum atomic E-state index is -1.62. The van der Waals surface area contributed by atoms with Gasteiger partial charge in [-0.2, -0.15) is 0 Å². The van der Waals surface area contributed by atoms with Crippen molar-refractivity contribution >= 4 is 11.6 Å². The van der Waals surface area contributed by atoms with E-state index in [1.165, 1.54) is 32.1 Å².